The SMILES string of the molecule is COc1cc(N)ccc1C(=O)NC1CCC(SC)CC1. The van der Waals surface area contributed by atoms with Gasteiger partial charge in [-0.05, 0) is 44.1 Å². The van der Waals surface area contributed by atoms with E-state index in [1.54, 1.807) is 25.3 Å². The molecule has 1 fully saturated rings. The topological polar surface area (TPSA) is 64.3 Å². The van der Waals surface area contributed by atoms with Crippen LogP contribution in [0.2, 0.25) is 0 Å². The predicted molar refractivity (Wildman–Crippen MR) is 84.4 cm³/mol. The lowest BCUT2D eigenvalue weighted by Gasteiger charge is -2.28. The number of amides is 1. The molecule has 1 aromatic carbocycles. The first-order valence-corrected chi connectivity index (χ1v) is 8.20. The van der Waals surface area contributed by atoms with Gasteiger partial charge in [0.25, 0.3) is 5.91 Å². The minimum Gasteiger partial charge on any atom is -0.496 e. The highest BCUT2D eigenvalue weighted by Gasteiger charge is 2.23. The third kappa shape index (κ3) is 3.60. The van der Waals surface area contributed by atoms with E-state index in [0.29, 0.717) is 17.0 Å². The average molecular weight is 294 g/mol. The van der Waals surface area contributed by atoms with E-state index in [0.717, 1.165) is 18.1 Å². The Kier molecular flexibility index (Phi) is 5.17. The van der Waals surface area contributed by atoms with Gasteiger partial charge in [-0.15, -0.1) is 0 Å². The van der Waals surface area contributed by atoms with Gasteiger partial charge >= 0.3 is 0 Å². The molecule has 1 aromatic rings. The molecule has 0 saturated heterocycles. The van der Waals surface area contributed by atoms with Crippen molar-refractivity contribution >= 4 is 23.4 Å². The number of nitrogens with two attached hydrogens (primary N) is 1. The number of methoxy groups -OCH3 is 1. The van der Waals surface area contributed by atoms with E-state index in [-0.39, 0.29) is 11.9 Å². The molecule has 0 heterocycles. The van der Waals surface area contributed by atoms with E-state index in [1.807, 2.05) is 11.8 Å². The lowest BCUT2D eigenvalue weighted by molar-refractivity contribution is 0.0925. The number of nitrogens with one attached hydrogen (secondary N) is 1. The Bertz CT molecular complexity index is 471. The second-order valence-electron chi connectivity index (χ2n) is 5.14. The monoisotopic (exact) mass is 294 g/mol. The van der Waals surface area contributed by atoms with Gasteiger partial charge in [-0.2, -0.15) is 11.8 Å². The number of thioether (sulfide) groups is 1. The van der Waals surface area contributed by atoms with Crippen molar-refractivity contribution in [3.8, 4) is 5.75 Å². The molecule has 0 aromatic heterocycles. The molecule has 2 rings (SSSR count). The molecule has 1 saturated carbocycles. The summed E-state index contributed by atoms with van der Waals surface area (Å²) in [5, 5.41) is 3.85. The third-order valence-corrected chi connectivity index (χ3v) is 4.95. The first kappa shape index (κ1) is 15.0. The molecular weight excluding hydrogens is 272 g/mol. The van der Waals surface area contributed by atoms with Crippen molar-refractivity contribution in [3.63, 3.8) is 0 Å². The van der Waals surface area contributed by atoms with E-state index < -0.39 is 0 Å². The van der Waals surface area contributed by atoms with Crippen LogP contribution in [0.4, 0.5) is 5.69 Å². The van der Waals surface area contributed by atoms with Crippen molar-refractivity contribution in [1.29, 1.82) is 0 Å². The predicted octanol–water partition coefficient (Wildman–Crippen LogP) is 2.68. The highest BCUT2D eigenvalue weighted by atomic mass is 32.2. The molecule has 0 bridgehead atoms. The minimum atomic E-state index is -0.0746. The molecule has 0 radical (unpaired) electrons. The fourth-order valence-electron chi connectivity index (χ4n) is 2.60. The number of benzene rings is 1. The van der Waals surface area contributed by atoms with Crippen molar-refractivity contribution in [2.75, 3.05) is 19.1 Å². The maximum absolute atomic E-state index is 12.3. The maximum atomic E-state index is 12.3. The molecule has 1 aliphatic rings. The summed E-state index contributed by atoms with van der Waals surface area (Å²) in [6, 6.07) is 5.40. The fourth-order valence-corrected chi connectivity index (χ4v) is 3.34. The molecule has 0 atom stereocenters. The van der Waals surface area contributed by atoms with Crippen LogP contribution < -0.4 is 15.8 Å². The van der Waals surface area contributed by atoms with Crippen LogP contribution >= 0.6 is 11.8 Å². The summed E-state index contributed by atoms with van der Waals surface area (Å²) in [5.41, 5.74) is 6.85. The number of ether oxygens (including phenoxy) is 1. The average Bonchev–Trinajstić information content (AvgIpc) is 2.47. The van der Waals surface area contributed by atoms with E-state index in [4.69, 9.17) is 10.5 Å². The smallest absolute Gasteiger partial charge is 0.255 e. The number of anilines is 1. The summed E-state index contributed by atoms with van der Waals surface area (Å²) in [7, 11) is 1.55. The first-order valence-electron chi connectivity index (χ1n) is 6.91. The van der Waals surface area contributed by atoms with E-state index in [2.05, 4.69) is 11.6 Å². The lowest BCUT2D eigenvalue weighted by Crippen LogP contribution is -2.38. The molecule has 20 heavy (non-hydrogen) atoms. The van der Waals surface area contributed by atoms with Gasteiger partial charge < -0.3 is 15.8 Å². The van der Waals surface area contributed by atoms with Crippen molar-refractivity contribution in [2.45, 2.75) is 37.0 Å². The highest BCUT2D eigenvalue weighted by Crippen LogP contribution is 2.27. The lowest BCUT2D eigenvalue weighted by atomic mass is 9.94. The largest absolute Gasteiger partial charge is 0.496 e. The van der Waals surface area contributed by atoms with Crippen LogP contribution in [0.15, 0.2) is 18.2 Å². The molecule has 110 valence electrons. The molecule has 0 aliphatic heterocycles. The Balaban J connectivity index is 1.98. The first-order chi connectivity index (χ1) is 9.63. The van der Waals surface area contributed by atoms with Crippen LogP contribution in [0.5, 0.6) is 5.75 Å². The summed E-state index contributed by atoms with van der Waals surface area (Å²) < 4.78 is 5.23. The normalized spacial score (nSPS) is 22.3. The summed E-state index contributed by atoms with van der Waals surface area (Å²) in [4.78, 5) is 12.3. The quantitative estimate of drug-likeness (QED) is 0.838. The van der Waals surface area contributed by atoms with Gasteiger partial charge in [0.15, 0.2) is 0 Å². The van der Waals surface area contributed by atoms with Gasteiger partial charge in [0.05, 0.1) is 12.7 Å². The maximum Gasteiger partial charge on any atom is 0.255 e. The number of rotatable bonds is 4. The number of hydrogen-bond donors (Lipinski definition) is 2. The number of carbonyl (C=O) groups excluding carboxylic acids is 1. The molecule has 1 aliphatic carbocycles. The van der Waals surface area contributed by atoms with Crippen LogP contribution in [0.25, 0.3) is 0 Å². The van der Waals surface area contributed by atoms with E-state index in [1.165, 1.54) is 12.8 Å². The Labute approximate surface area is 124 Å². The van der Waals surface area contributed by atoms with Gasteiger partial charge in [0, 0.05) is 23.0 Å². The summed E-state index contributed by atoms with van der Waals surface area (Å²) in [6.45, 7) is 0. The molecule has 3 N–H and O–H groups in total. The van der Waals surface area contributed by atoms with Crippen LogP contribution in [0.1, 0.15) is 36.0 Å². The Morgan fingerprint density at radius 3 is 2.65 bits per heavy atom. The van der Waals surface area contributed by atoms with Crippen molar-refractivity contribution < 1.29 is 9.53 Å². The Hall–Kier alpha value is -1.36. The number of hydrogen-bond acceptors (Lipinski definition) is 4. The zero-order chi connectivity index (χ0) is 14.5. The van der Waals surface area contributed by atoms with Gasteiger partial charge in [0.1, 0.15) is 5.75 Å². The second kappa shape index (κ2) is 6.88. The minimum absolute atomic E-state index is 0.0746. The summed E-state index contributed by atoms with van der Waals surface area (Å²) >= 11 is 1.92. The Morgan fingerprint density at radius 1 is 1.35 bits per heavy atom. The molecule has 1 amide bonds. The van der Waals surface area contributed by atoms with Gasteiger partial charge in [0.2, 0.25) is 0 Å². The van der Waals surface area contributed by atoms with Crippen LogP contribution in [0, 0.1) is 0 Å². The van der Waals surface area contributed by atoms with Crippen molar-refractivity contribution in [1.82, 2.24) is 5.32 Å². The van der Waals surface area contributed by atoms with E-state index >= 15 is 0 Å². The standard InChI is InChI=1S/C15H22N2O2S/c1-19-14-9-10(16)3-8-13(14)15(18)17-11-4-6-12(20-2)7-5-11/h3,8-9,11-12H,4-7,16H2,1-2H3,(H,17,18). The third-order valence-electron chi connectivity index (χ3n) is 3.81. The molecule has 0 unspecified atom stereocenters. The Morgan fingerprint density at radius 2 is 2.05 bits per heavy atom. The van der Waals surface area contributed by atoms with E-state index in [9.17, 15) is 4.79 Å². The van der Waals surface area contributed by atoms with Crippen LogP contribution in [-0.4, -0.2) is 30.6 Å². The molecule has 0 spiro atoms. The van der Waals surface area contributed by atoms with Crippen LogP contribution in [0.3, 0.4) is 0 Å². The van der Waals surface area contributed by atoms with Crippen molar-refractivity contribution in [3.05, 3.63) is 23.8 Å². The molecule has 5 heteroatoms. The molecular formula is C15H22N2O2S. The van der Waals surface area contributed by atoms with Gasteiger partial charge in [-0.1, -0.05) is 0 Å². The second-order valence-corrected chi connectivity index (χ2v) is 6.28. The fraction of sp³-hybridized carbons (Fsp3) is 0.533. The van der Waals surface area contributed by atoms with Crippen molar-refractivity contribution in [2.24, 2.45) is 0 Å². The molecule has 4 nitrogen and oxygen atoms in total. The number of carbonyl (C=O) groups is 1. The van der Waals surface area contributed by atoms with Crippen LogP contribution in [-0.2, 0) is 0 Å². The number of nitrogen functional groups attached to an aromatic ring is 1. The zero-order valence-electron chi connectivity index (χ0n) is 12.0. The summed E-state index contributed by atoms with van der Waals surface area (Å²) in [5.74, 6) is 0.453. The highest BCUT2D eigenvalue weighted by molar-refractivity contribution is 7.99. The zero-order valence-corrected chi connectivity index (χ0v) is 12.8. The summed E-state index contributed by atoms with van der Waals surface area (Å²) in [6.07, 6.45) is 6.60. The van der Waals surface area contributed by atoms with Gasteiger partial charge in [-0.25, -0.2) is 0 Å². The van der Waals surface area contributed by atoms with Gasteiger partial charge in [-0.3, -0.25) is 4.79 Å².